The first-order valence-electron chi connectivity index (χ1n) is 11.1. The fourth-order valence-corrected chi connectivity index (χ4v) is 4.26. The fourth-order valence-electron chi connectivity index (χ4n) is 4.26. The Morgan fingerprint density at radius 2 is 1.82 bits per heavy atom. The molecular formula is C26H27FN2O4. The molecule has 0 bridgehead atoms. The number of benzene rings is 2. The summed E-state index contributed by atoms with van der Waals surface area (Å²) in [5, 5.41) is 3.14. The van der Waals surface area contributed by atoms with Gasteiger partial charge in [0.1, 0.15) is 17.6 Å². The van der Waals surface area contributed by atoms with Crippen molar-refractivity contribution in [2.45, 2.75) is 44.2 Å². The monoisotopic (exact) mass is 450 g/mol. The van der Waals surface area contributed by atoms with Crippen LogP contribution in [0.4, 0.5) is 10.1 Å². The first-order chi connectivity index (χ1) is 16.1. The minimum absolute atomic E-state index is 0.0492. The molecule has 1 aliphatic rings. The van der Waals surface area contributed by atoms with Crippen molar-refractivity contribution in [1.82, 2.24) is 5.32 Å². The molecule has 33 heavy (non-hydrogen) atoms. The smallest absolute Gasteiger partial charge is 0.294 e. The van der Waals surface area contributed by atoms with Gasteiger partial charge in [-0.3, -0.25) is 14.5 Å². The molecule has 1 aliphatic carbocycles. The highest BCUT2D eigenvalue weighted by molar-refractivity contribution is 6.08. The topological polar surface area (TPSA) is 71.8 Å². The van der Waals surface area contributed by atoms with Crippen molar-refractivity contribution < 1.29 is 23.1 Å². The lowest BCUT2D eigenvalue weighted by Gasteiger charge is -2.33. The first-order valence-corrected chi connectivity index (χ1v) is 11.1. The number of nitrogens with one attached hydrogen (secondary N) is 1. The molecule has 0 unspecified atom stereocenters. The molecule has 1 fully saturated rings. The summed E-state index contributed by atoms with van der Waals surface area (Å²) >= 11 is 0. The van der Waals surface area contributed by atoms with E-state index in [0.717, 1.165) is 32.1 Å². The van der Waals surface area contributed by atoms with Crippen LogP contribution in [0.1, 0.15) is 54.3 Å². The Kier molecular flexibility index (Phi) is 7.07. The number of halogens is 1. The lowest BCUT2D eigenvalue weighted by molar-refractivity contribution is -0.123. The van der Waals surface area contributed by atoms with Crippen molar-refractivity contribution in [1.29, 1.82) is 0 Å². The zero-order valence-electron chi connectivity index (χ0n) is 18.5. The van der Waals surface area contributed by atoms with Gasteiger partial charge in [0.05, 0.1) is 13.4 Å². The van der Waals surface area contributed by atoms with Gasteiger partial charge in [0, 0.05) is 11.7 Å². The van der Waals surface area contributed by atoms with Crippen LogP contribution in [0.15, 0.2) is 71.3 Å². The molecule has 0 saturated heterocycles. The Morgan fingerprint density at radius 3 is 2.48 bits per heavy atom. The maximum absolute atomic E-state index is 13.7. The second-order valence-electron chi connectivity index (χ2n) is 8.15. The van der Waals surface area contributed by atoms with Crippen molar-refractivity contribution >= 4 is 17.5 Å². The summed E-state index contributed by atoms with van der Waals surface area (Å²) in [5.41, 5.74) is 0.955. The third kappa shape index (κ3) is 5.25. The molecule has 1 N–H and O–H groups in total. The van der Waals surface area contributed by atoms with Crippen molar-refractivity contribution in [2.24, 2.45) is 0 Å². The number of hydrogen-bond donors (Lipinski definition) is 1. The van der Waals surface area contributed by atoms with Gasteiger partial charge in [-0.25, -0.2) is 4.39 Å². The normalized spacial score (nSPS) is 15.0. The molecular weight excluding hydrogens is 423 g/mol. The lowest BCUT2D eigenvalue weighted by Crippen LogP contribution is -2.47. The quantitative estimate of drug-likeness (QED) is 0.533. The zero-order valence-corrected chi connectivity index (χ0v) is 18.5. The third-order valence-electron chi connectivity index (χ3n) is 5.92. The Hall–Kier alpha value is -3.61. The minimum atomic E-state index is -1.01. The van der Waals surface area contributed by atoms with Crippen LogP contribution in [0.3, 0.4) is 0 Å². The molecule has 4 rings (SSSR count). The second-order valence-corrected chi connectivity index (χ2v) is 8.15. The molecule has 1 saturated carbocycles. The molecule has 0 radical (unpaired) electrons. The predicted molar refractivity (Wildman–Crippen MR) is 123 cm³/mol. The predicted octanol–water partition coefficient (Wildman–Crippen LogP) is 5.26. The van der Waals surface area contributed by atoms with Gasteiger partial charge in [0.25, 0.3) is 5.91 Å². The van der Waals surface area contributed by atoms with Crippen LogP contribution >= 0.6 is 0 Å². The number of anilines is 1. The molecule has 1 heterocycles. The Bertz CT molecular complexity index is 1080. The first kappa shape index (κ1) is 22.6. The number of hydrogen-bond acceptors (Lipinski definition) is 4. The van der Waals surface area contributed by atoms with E-state index in [2.05, 4.69) is 5.32 Å². The van der Waals surface area contributed by atoms with Gasteiger partial charge in [0.15, 0.2) is 5.76 Å². The van der Waals surface area contributed by atoms with Crippen molar-refractivity contribution in [2.75, 3.05) is 12.0 Å². The molecule has 2 aromatic carbocycles. The number of furan rings is 1. The summed E-state index contributed by atoms with van der Waals surface area (Å²) in [4.78, 5) is 28.7. The van der Waals surface area contributed by atoms with E-state index < -0.39 is 17.8 Å². The Labute approximate surface area is 192 Å². The van der Waals surface area contributed by atoms with Crippen molar-refractivity contribution in [3.05, 3.63) is 84.1 Å². The number of ether oxygens (including phenoxy) is 1. The maximum atomic E-state index is 13.7. The largest absolute Gasteiger partial charge is 0.497 e. The summed E-state index contributed by atoms with van der Waals surface area (Å²) in [6.45, 7) is 0. The summed E-state index contributed by atoms with van der Waals surface area (Å²) < 4.78 is 24.4. The number of amides is 2. The number of carbonyl (C=O) groups is 2. The van der Waals surface area contributed by atoms with Crippen LogP contribution in [-0.2, 0) is 4.79 Å². The molecule has 7 heteroatoms. The van der Waals surface area contributed by atoms with Crippen LogP contribution < -0.4 is 15.0 Å². The van der Waals surface area contributed by atoms with E-state index in [1.807, 2.05) is 0 Å². The van der Waals surface area contributed by atoms with E-state index in [0.29, 0.717) is 17.0 Å². The van der Waals surface area contributed by atoms with Crippen LogP contribution in [0.2, 0.25) is 0 Å². The van der Waals surface area contributed by atoms with Gasteiger partial charge in [-0.1, -0.05) is 31.4 Å². The molecule has 1 aromatic heterocycles. The summed E-state index contributed by atoms with van der Waals surface area (Å²) in [7, 11) is 1.54. The number of carbonyl (C=O) groups excluding carboxylic acids is 2. The number of nitrogens with zero attached hydrogens (tertiary/aromatic N) is 1. The standard InChI is InChI=1S/C26H27FN2O4/c1-32-22-10-5-7-18(17-22)24(25(30)28-20-8-3-2-4-9-20)29(21-14-12-19(27)13-15-21)26(31)23-11-6-16-33-23/h5-7,10-17,20,24H,2-4,8-9H2,1H3,(H,28,30)/t24-/m0/s1. The summed E-state index contributed by atoms with van der Waals surface area (Å²) in [6, 6.07) is 14.7. The summed E-state index contributed by atoms with van der Waals surface area (Å²) in [5.74, 6) is -0.600. The van der Waals surface area contributed by atoms with Crippen LogP contribution in [0.5, 0.6) is 5.75 Å². The van der Waals surface area contributed by atoms with Gasteiger partial charge in [0.2, 0.25) is 5.91 Å². The average molecular weight is 451 g/mol. The average Bonchev–Trinajstić information content (AvgIpc) is 3.38. The van der Waals surface area contributed by atoms with E-state index >= 15 is 0 Å². The SMILES string of the molecule is COc1cccc([C@@H](C(=O)NC2CCCCC2)N(C(=O)c2ccco2)c2ccc(F)cc2)c1. The van der Waals surface area contributed by atoms with Gasteiger partial charge in [-0.15, -0.1) is 0 Å². The van der Waals surface area contributed by atoms with Gasteiger partial charge < -0.3 is 14.5 Å². The van der Waals surface area contributed by atoms with E-state index in [9.17, 15) is 14.0 Å². The van der Waals surface area contributed by atoms with E-state index in [4.69, 9.17) is 9.15 Å². The Morgan fingerprint density at radius 1 is 1.06 bits per heavy atom. The fraction of sp³-hybridized carbons (Fsp3) is 0.308. The molecule has 3 aromatic rings. The van der Waals surface area contributed by atoms with Crippen LogP contribution in [-0.4, -0.2) is 25.0 Å². The summed E-state index contributed by atoms with van der Waals surface area (Å²) in [6.07, 6.45) is 6.48. The molecule has 2 amide bonds. The van der Waals surface area contributed by atoms with E-state index in [-0.39, 0.29) is 17.7 Å². The van der Waals surface area contributed by atoms with Crippen LogP contribution in [0, 0.1) is 5.82 Å². The molecule has 1 atom stereocenters. The third-order valence-corrected chi connectivity index (χ3v) is 5.92. The minimum Gasteiger partial charge on any atom is -0.497 e. The van der Waals surface area contributed by atoms with Gasteiger partial charge in [-0.2, -0.15) is 0 Å². The second kappa shape index (κ2) is 10.3. The zero-order chi connectivity index (χ0) is 23.2. The molecule has 6 nitrogen and oxygen atoms in total. The lowest BCUT2D eigenvalue weighted by atomic mass is 9.94. The van der Waals surface area contributed by atoms with Crippen molar-refractivity contribution in [3.8, 4) is 5.75 Å². The van der Waals surface area contributed by atoms with E-state index in [1.165, 1.54) is 35.4 Å². The van der Waals surface area contributed by atoms with Crippen molar-refractivity contribution in [3.63, 3.8) is 0 Å². The highest BCUT2D eigenvalue weighted by Crippen LogP contribution is 2.32. The highest BCUT2D eigenvalue weighted by Gasteiger charge is 2.35. The maximum Gasteiger partial charge on any atom is 0.294 e. The molecule has 172 valence electrons. The van der Waals surface area contributed by atoms with E-state index in [1.54, 1.807) is 43.5 Å². The van der Waals surface area contributed by atoms with Crippen LogP contribution in [0.25, 0.3) is 0 Å². The highest BCUT2D eigenvalue weighted by atomic mass is 19.1. The van der Waals surface area contributed by atoms with Gasteiger partial charge >= 0.3 is 0 Å². The van der Waals surface area contributed by atoms with Gasteiger partial charge in [-0.05, 0) is 66.9 Å². The Balaban J connectivity index is 1.79. The number of rotatable bonds is 7. The number of methoxy groups -OCH3 is 1. The molecule has 0 spiro atoms. The molecule has 0 aliphatic heterocycles.